The first-order chi connectivity index (χ1) is 13.2. The van der Waals surface area contributed by atoms with E-state index in [1.807, 2.05) is 4.72 Å². The number of carbonyl (C=O) groups excluding carboxylic acids is 2. The molecule has 0 saturated carbocycles. The maximum absolute atomic E-state index is 12.6. The third-order valence-electron chi connectivity index (χ3n) is 3.71. The number of sulfonamides is 1. The second kappa shape index (κ2) is 9.31. The third kappa shape index (κ3) is 5.73. The van der Waals surface area contributed by atoms with Crippen LogP contribution in [0, 0.1) is 13.8 Å². The van der Waals surface area contributed by atoms with E-state index in [9.17, 15) is 18.0 Å². The normalized spacial score (nSPS) is 13.6. The minimum absolute atomic E-state index is 0. The third-order valence-corrected chi connectivity index (χ3v) is 5.10. The molecule has 1 aliphatic heterocycles. The number of ether oxygens (including phenoxy) is 2. The number of nitrogens with zero attached hydrogens (tertiary/aromatic N) is 2. The topological polar surface area (TPSA) is 137 Å². The van der Waals surface area contributed by atoms with Crippen LogP contribution in [0.1, 0.15) is 21.7 Å². The van der Waals surface area contributed by atoms with Gasteiger partial charge in [0.25, 0.3) is 10.0 Å². The number of benzene rings is 1. The van der Waals surface area contributed by atoms with Gasteiger partial charge in [0.2, 0.25) is 5.95 Å². The Balaban J connectivity index is 0.00000300. The number of urea groups is 1. The van der Waals surface area contributed by atoms with Gasteiger partial charge in [-0.05, 0) is 32.0 Å². The molecule has 0 radical (unpaired) electrons. The molecule has 12 heteroatoms. The summed E-state index contributed by atoms with van der Waals surface area (Å²) in [5.41, 5.74) is 1.04. The van der Waals surface area contributed by atoms with E-state index in [0.29, 0.717) is 11.4 Å². The Morgan fingerprint density at radius 3 is 2.34 bits per heavy atom. The van der Waals surface area contributed by atoms with Crippen molar-refractivity contribution in [3.05, 3.63) is 47.3 Å². The van der Waals surface area contributed by atoms with Crippen molar-refractivity contribution in [2.75, 3.05) is 18.5 Å². The summed E-state index contributed by atoms with van der Waals surface area (Å²) in [6, 6.07) is 6.09. The molecular weight excluding hydrogens is 444 g/mol. The van der Waals surface area contributed by atoms with Crippen LogP contribution in [-0.2, 0) is 36.6 Å². The number of hydrogen-bond donors (Lipinski definition) is 2. The summed E-state index contributed by atoms with van der Waals surface area (Å²) in [6.45, 7) is 3.95. The van der Waals surface area contributed by atoms with Crippen LogP contribution in [0.3, 0.4) is 0 Å². The number of hydrogen-bond acceptors (Lipinski definition) is 8. The van der Waals surface area contributed by atoms with Gasteiger partial charge in [-0.3, -0.25) is 5.32 Å². The number of aryl methyl sites for hydroxylation is 2. The summed E-state index contributed by atoms with van der Waals surface area (Å²) in [7, 11) is -4.35. The van der Waals surface area contributed by atoms with Gasteiger partial charge >= 0.3 is 12.0 Å². The van der Waals surface area contributed by atoms with Gasteiger partial charge in [0.15, 0.2) is 0 Å². The predicted molar refractivity (Wildman–Crippen MR) is 97.3 cm³/mol. The minimum atomic E-state index is -4.35. The van der Waals surface area contributed by atoms with Gasteiger partial charge in [-0.25, -0.2) is 32.7 Å². The zero-order valence-corrected chi connectivity index (χ0v) is 17.4. The minimum Gasteiger partial charge on any atom is -0.454 e. The molecule has 3 rings (SSSR count). The van der Waals surface area contributed by atoms with Crippen molar-refractivity contribution in [2.24, 2.45) is 0 Å². The van der Waals surface area contributed by atoms with E-state index in [4.69, 9.17) is 9.47 Å². The van der Waals surface area contributed by atoms with Gasteiger partial charge in [0.05, 0.1) is 18.8 Å². The number of nitrogens with one attached hydrogen (secondary N) is 2. The summed E-state index contributed by atoms with van der Waals surface area (Å²) in [6.07, 6.45) is -0.416. The standard InChI is InChI=1S/C17H18N4O6S.Fe/c1-10-7-11(2)19-16(18-10)20-17(23)21-28(24,25)14-6-4-3-5-13(14)15(22)27-12-8-26-9-12;/h3-7,12H,8-9H2,1-2H3,(H2,18,19,20,21,23);. The van der Waals surface area contributed by atoms with Crippen LogP contribution >= 0.6 is 0 Å². The van der Waals surface area contributed by atoms with E-state index in [2.05, 4.69) is 15.3 Å². The molecule has 2 N–H and O–H groups in total. The SMILES string of the molecule is Cc1cc(C)nc(NC(=O)NS(=O)(=O)c2ccccc2C(=O)OC2COC2)n1.[Fe]. The Labute approximate surface area is 177 Å². The van der Waals surface area contributed by atoms with Crippen LogP contribution in [-0.4, -0.2) is 49.7 Å². The van der Waals surface area contributed by atoms with Crippen LogP contribution in [0.15, 0.2) is 35.2 Å². The molecule has 0 spiro atoms. The van der Waals surface area contributed by atoms with Crippen LogP contribution < -0.4 is 10.0 Å². The molecule has 0 atom stereocenters. The van der Waals surface area contributed by atoms with E-state index in [1.165, 1.54) is 24.3 Å². The molecule has 2 heterocycles. The monoisotopic (exact) mass is 462 g/mol. The molecule has 0 aliphatic carbocycles. The molecule has 2 aromatic rings. The number of anilines is 1. The summed E-state index contributed by atoms with van der Waals surface area (Å²) in [5.74, 6) is -0.852. The first-order valence-electron chi connectivity index (χ1n) is 8.28. The van der Waals surface area contributed by atoms with E-state index in [0.717, 1.165) is 0 Å². The second-order valence-corrected chi connectivity index (χ2v) is 7.75. The molecule has 1 saturated heterocycles. The Kier molecular flexibility index (Phi) is 7.31. The van der Waals surface area contributed by atoms with Crippen LogP contribution in [0.4, 0.5) is 10.7 Å². The van der Waals surface area contributed by atoms with Gasteiger partial charge in [0, 0.05) is 28.5 Å². The van der Waals surface area contributed by atoms with E-state index in [1.54, 1.807) is 19.9 Å². The van der Waals surface area contributed by atoms with Crippen molar-refractivity contribution in [1.82, 2.24) is 14.7 Å². The zero-order valence-electron chi connectivity index (χ0n) is 15.5. The maximum Gasteiger partial charge on any atom is 0.339 e. The molecule has 1 aromatic carbocycles. The number of amides is 2. The number of carbonyl (C=O) groups is 2. The van der Waals surface area contributed by atoms with Crippen molar-refractivity contribution in [3.8, 4) is 0 Å². The molecule has 2 amide bonds. The van der Waals surface area contributed by atoms with Gasteiger partial charge in [-0.2, -0.15) is 0 Å². The number of rotatable bonds is 5. The molecule has 0 unspecified atom stereocenters. The summed E-state index contributed by atoms with van der Waals surface area (Å²) in [4.78, 5) is 32.0. The fourth-order valence-corrected chi connectivity index (χ4v) is 3.56. The second-order valence-electron chi connectivity index (χ2n) is 6.09. The molecule has 10 nitrogen and oxygen atoms in total. The zero-order chi connectivity index (χ0) is 20.3. The molecule has 29 heavy (non-hydrogen) atoms. The van der Waals surface area contributed by atoms with Crippen LogP contribution in [0.5, 0.6) is 0 Å². The van der Waals surface area contributed by atoms with E-state index >= 15 is 0 Å². The fraction of sp³-hybridized carbons (Fsp3) is 0.294. The molecule has 156 valence electrons. The van der Waals surface area contributed by atoms with Gasteiger partial charge in [0.1, 0.15) is 11.0 Å². The van der Waals surface area contributed by atoms with Crippen molar-refractivity contribution >= 4 is 28.0 Å². The fourth-order valence-electron chi connectivity index (χ4n) is 2.45. The predicted octanol–water partition coefficient (Wildman–Crippen LogP) is 1.16. The number of esters is 1. The van der Waals surface area contributed by atoms with Crippen molar-refractivity contribution in [2.45, 2.75) is 24.8 Å². The molecule has 1 aromatic heterocycles. The quantitative estimate of drug-likeness (QED) is 0.499. The van der Waals surface area contributed by atoms with Gasteiger partial charge in [-0.15, -0.1) is 0 Å². The number of aromatic nitrogens is 2. The largest absolute Gasteiger partial charge is 0.454 e. The maximum atomic E-state index is 12.6. The van der Waals surface area contributed by atoms with Crippen molar-refractivity contribution in [1.29, 1.82) is 0 Å². The van der Waals surface area contributed by atoms with E-state index in [-0.39, 0.29) is 46.7 Å². The first kappa shape index (κ1) is 22.8. The van der Waals surface area contributed by atoms with Crippen molar-refractivity contribution < 1.29 is 44.5 Å². The molecular formula is C17H18FeN4O6S. The van der Waals surface area contributed by atoms with Crippen LogP contribution in [0.2, 0.25) is 0 Å². The van der Waals surface area contributed by atoms with E-state index < -0.39 is 28.1 Å². The average Bonchev–Trinajstić information content (AvgIpc) is 2.56. The Morgan fingerprint density at radius 2 is 1.76 bits per heavy atom. The Bertz CT molecular complexity index is 1010. The van der Waals surface area contributed by atoms with Crippen LogP contribution in [0.25, 0.3) is 0 Å². The summed E-state index contributed by atoms with van der Waals surface area (Å²) in [5, 5.41) is 2.26. The van der Waals surface area contributed by atoms with Gasteiger partial charge < -0.3 is 9.47 Å². The first-order valence-corrected chi connectivity index (χ1v) is 9.77. The molecule has 1 aliphatic rings. The average molecular weight is 462 g/mol. The smallest absolute Gasteiger partial charge is 0.339 e. The Hall–Kier alpha value is -2.53. The Morgan fingerprint density at radius 1 is 1.14 bits per heavy atom. The summed E-state index contributed by atoms with van der Waals surface area (Å²) < 4.78 is 37.2. The van der Waals surface area contributed by atoms with Crippen molar-refractivity contribution in [3.63, 3.8) is 0 Å². The molecule has 0 bridgehead atoms. The molecule has 1 fully saturated rings. The summed E-state index contributed by atoms with van der Waals surface area (Å²) >= 11 is 0. The van der Waals surface area contributed by atoms with Gasteiger partial charge in [-0.1, -0.05) is 12.1 Å².